The van der Waals surface area contributed by atoms with E-state index in [0.29, 0.717) is 5.56 Å². The van der Waals surface area contributed by atoms with Crippen molar-refractivity contribution in [3.63, 3.8) is 0 Å². The second-order valence-electron chi connectivity index (χ2n) is 5.94. The van der Waals surface area contributed by atoms with Gasteiger partial charge in [0.05, 0.1) is 11.2 Å². The maximum absolute atomic E-state index is 13.4. The maximum Gasteiger partial charge on any atom is 0.485 e. The fourth-order valence-electron chi connectivity index (χ4n) is 1.67. The van der Waals surface area contributed by atoms with Gasteiger partial charge in [0.1, 0.15) is 11.0 Å². The first-order valence-corrected chi connectivity index (χ1v) is 7.86. The molecule has 122 valence electrons. The van der Waals surface area contributed by atoms with E-state index in [2.05, 4.69) is 4.85 Å². The second-order valence-corrected chi connectivity index (χ2v) is 7.90. The Kier molecular flexibility index (Phi) is 5.76. The summed E-state index contributed by atoms with van der Waals surface area (Å²) in [5, 5.41) is 0. The molecule has 2 atom stereocenters. The maximum atomic E-state index is 13.4. The molecule has 0 unspecified atom stereocenters. The zero-order valence-electron chi connectivity index (χ0n) is 12.7. The van der Waals surface area contributed by atoms with E-state index in [1.54, 1.807) is 51.1 Å². The Hall–Kier alpha value is -1.39. The molecular weight excluding hydrogens is 313 g/mol. The number of alkyl halides is 3. The Morgan fingerprint density at radius 3 is 2.14 bits per heavy atom. The molecule has 0 heterocycles. The van der Waals surface area contributed by atoms with Crippen molar-refractivity contribution in [3.8, 4) is 0 Å². The van der Waals surface area contributed by atoms with Crippen LogP contribution in [0.2, 0.25) is 0 Å². The summed E-state index contributed by atoms with van der Waals surface area (Å²) in [7, 11) is -1.99. The minimum atomic E-state index is -4.82. The third-order valence-corrected chi connectivity index (χ3v) is 4.73. The minimum absolute atomic E-state index is 0.0665. The van der Waals surface area contributed by atoms with Crippen LogP contribution in [0, 0.1) is 6.57 Å². The summed E-state index contributed by atoms with van der Waals surface area (Å²) in [5.74, 6) is 0. The fraction of sp³-hybridized carbons (Fsp3) is 0.533. The number of aryl methyl sites for hydroxylation is 1. The van der Waals surface area contributed by atoms with Crippen molar-refractivity contribution < 1.29 is 17.4 Å². The fourth-order valence-corrected chi connectivity index (χ4v) is 2.55. The zero-order chi connectivity index (χ0) is 17.0. The lowest BCUT2D eigenvalue weighted by Crippen LogP contribution is -2.57. The van der Waals surface area contributed by atoms with Gasteiger partial charge in [0.15, 0.2) is 0 Å². The van der Waals surface area contributed by atoms with Crippen LogP contribution in [-0.4, -0.2) is 20.8 Å². The van der Waals surface area contributed by atoms with Crippen LogP contribution in [0.1, 0.15) is 32.8 Å². The van der Waals surface area contributed by atoms with Gasteiger partial charge in [-0.15, -0.1) is 0 Å². The van der Waals surface area contributed by atoms with Gasteiger partial charge in [0, 0.05) is 0 Å². The molecule has 0 spiro atoms. The lowest BCUT2D eigenvalue weighted by atomic mass is 10.0. The van der Waals surface area contributed by atoms with E-state index in [9.17, 15) is 17.4 Å². The molecule has 1 aromatic rings. The number of rotatable bonds is 5. The van der Waals surface area contributed by atoms with Gasteiger partial charge in [0.25, 0.3) is 0 Å². The number of benzene rings is 1. The summed E-state index contributed by atoms with van der Waals surface area (Å²) in [4.78, 5) is 2.78. The van der Waals surface area contributed by atoms with E-state index >= 15 is 0 Å². The molecule has 3 nitrogen and oxygen atoms in total. The molecule has 0 saturated carbocycles. The van der Waals surface area contributed by atoms with Crippen LogP contribution < -0.4 is 4.72 Å². The lowest BCUT2D eigenvalue weighted by Gasteiger charge is -2.28. The summed E-state index contributed by atoms with van der Waals surface area (Å²) in [6.45, 7) is 11.7. The van der Waals surface area contributed by atoms with E-state index in [4.69, 9.17) is 6.57 Å². The molecule has 0 radical (unpaired) electrons. The van der Waals surface area contributed by atoms with E-state index in [0.717, 1.165) is 0 Å². The SMILES string of the molecule is [C-]#[N+][C@@](CCc1ccccc1)(N[S@](=O)C(C)(C)C)C(F)(F)F. The monoisotopic (exact) mass is 332 g/mol. The number of nitrogens with zero attached hydrogens (tertiary/aromatic N) is 1. The second kappa shape index (κ2) is 6.80. The van der Waals surface area contributed by atoms with Gasteiger partial charge in [-0.3, -0.25) is 4.85 Å². The van der Waals surface area contributed by atoms with Crippen molar-refractivity contribution in [3.05, 3.63) is 47.3 Å². The van der Waals surface area contributed by atoms with Crippen molar-refractivity contribution >= 4 is 11.0 Å². The summed E-state index contributed by atoms with van der Waals surface area (Å²) < 4.78 is 53.4. The molecule has 0 aromatic heterocycles. The first-order chi connectivity index (χ1) is 10.0. The molecule has 0 aliphatic carbocycles. The Labute approximate surface area is 131 Å². The Morgan fingerprint density at radius 2 is 1.73 bits per heavy atom. The first-order valence-electron chi connectivity index (χ1n) is 6.71. The van der Waals surface area contributed by atoms with Crippen LogP contribution in [0.3, 0.4) is 0 Å². The Bertz CT molecular complexity index is 561. The van der Waals surface area contributed by atoms with E-state index in [-0.39, 0.29) is 6.42 Å². The van der Waals surface area contributed by atoms with Crippen LogP contribution in [0.15, 0.2) is 30.3 Å². The molecular formula is C15H19F3N2OS. The first kappa shape index (κ1) is 18.7. The molecule has 0 amide bonds. The van der Waals surface area contributed by atoms with Gasteiger partial charge in [-0.1, -0.05) is 30.3 Å². The highest BCUT2D eigenvalue weighted by atomic mass is 32.2. The third kappa shape index (κ3) is 4.55. The summed E-state index contributed by atoms with van der Waals surface area (Å²) in [6, 6.07) is 8.62. The van der Waals surface area contributed by atoms with Crippen LogP contribution in [-0.2, 0) is 17.4 Å². The van der Waals surface area contributed by atoms with Crippen LogP contribution >= 0.6 is 0 Å². The predicted octanol–water partition coefficient (Wildman–Crippen LogP) is 3.85. The smallest absolute Gasteiger partial charge is 0.282 e. The molecule has 0 aliphatic heterocycles. The number of nitrogens with one attached hydrogen (secondary N) is 1. The van der Waals surface area contributed by atoms with Crippen molar-refractivity contribution in [1.29, 1.82) is 0 Å². The Morgan fingerprint density at radius 1 is 1.18 bits per heavy atom. The van der Waals surface area contributed by atoms with Crippen LogP contribution in [0.25, 0.3) is 4.85 Å². The van der Waals surface area contributed by atoms with Gasteiger partial charge >= 0.3 is 11.8 Å². The minimum Gasteiger partial charge on any atom is -0.282 e. The molecule has 0 fully saturated rings. The Balaban J connectivity index is 3.02. The van der Waals surface area contributed by atoms with Gasteiger partial charge in [-0.2, -0.15) is 17.9 Å². The van der Waals surface area contributed by atoms with E-state index in [1.165, 1.54) is 0 Å². The van der Waals surface area contributed by atoms with Gasteiger partial charge < -0.3 is 0 Å². The number of halogens is 3. The molecule has 0 aliphatic rings. The highest BCUT2D eigenvalue weighted by molar-refractivity contribution is 7.84. The molecule has 7 heteroatoms. The van der Waals surface area contributed by atoms with Gasteiger partial charge in [-0.25, -0.2) is 10.8 Å². The van der Waals surface area contributed by atoms with Crippen molar-refractivity contribution in [2.24, 2.45) is 0 Å². The lowest BCUT2D eigenvalue weighted by molar-refractivity contribution is -0.178. The average molecular weight is 332 g/mol. The quantitative estimate of drug-likeness (QED) is 0.817. The normalized spacial score (nSPS) is 16.6. The van der Waals surface area contributed by atoms with Crippen molar-refractivity contribution in [2.75, 3.05) is 0 Å². The zero-order valence-corrected chi connectivity index (χ0v) is 13.5. The summed E-state index contributed by atoms with van der Waals surface area (Å²) >= 11 is 0. The van der Waals surface area contributed by atoms with Crippen LogP contribution in [0.5, 0.6) is 0 Å². The van der Waals surface area contributed by atoms with E-state index in [1.807, 2.05) is 4.72 Å². The average Bonchev–Trinajstić information content (AvgIpc) is 2.42. The molecule has 1 N–H and O–H groups in total. The molecule has 22 heavy (non-hydrogen) atoms. The largest absolute Gasteiger partial charge is 0.485 e. The standard InChI is InChI=1S/C15H19F3N2OS/c1-13(2,3)22(21)20-14(19-4,15(16,17)18)11-10-12-8-6-5-7-9-12/h5-9,20H,10-11H2,1-3H3/t14-,22+/m0/s1. The highest BCUT2D eigenvalue weighted by Gasteiger charge is 2.63. The number of hydrogen-bond donors (Lipinski definition) is 1. The highest BCUT2D eigenvalue weighted by Crippen LogP contribution is 2.36. The molecule has 1 aromatic carbocycles. The number of hydrogen-bond acceptors (Lipinski definition) is 1. The van der Waals surface area contributed by atoms with Crippen molar-refractivity contribution in [2.45, 2.75) is 50.2 Å². The third-order valence-electron chi connectivity index (χ3n) is 3.10. The van der Waals surface area contributed by atoms with Gasteiger partial charge in [0.2, 0.25) is 0 Å². The molecule has 0 bridgehead atoms. The summed E-state index contributed by atoms with van der Waals surface area (Å²) in [5.41, 5.74) is -2.15. The van der Waals surface area contributed by atoms with Crippen LogP contribution in [0.4, 0.5) is 13.2 Å². The predicted molar refractivity (Wildman–Crippen MR) is 81.2 cm³/mol. The molecule has 0 saturated heterocycles. The topological polar surface area (TPSA) is 33.5 Å². The van der Waals surface area contributed by atoms with Crippen molar-refractivity contribution in [1.82, 2.24) is 4.72 Å². The summed E-state index contributed by atoms with van der Waals surface area (Å²) in [6.07, 6.45) is -5.24. The van der Waals surface area contributed by atoms with Gasteiger partial charge in [-0.05, 0) is 32.8 Å². The molecule has 1 rings (SSSR count). The van der Waals surface area contributed by atoms with E-state index < -0.39 is 34.0 Å².